The van der Waals surface area contributed by atoms with Crippen LogP contribution in [0.2, 0.25) is 0 Å². The molecule has 0 bridgehead atoms. The average molecular weight is 531 g/mol. The molecule has 1 atom stereocenters. The molecule has 0 spiro atoms. The van der Waals surface area contributed by atoms with Crippen LogP contribution in [0.15, 0.2) is 52.5 Å². The van der Waals surface area contributed by atoms with Gasteiger partial charge in [0, 0.05) is 18.5 Å². The van der Waals surface area contributed by atoms with E-state index in [0.29, 0.717) is 28.7 Å². The van der Waals surface area contributed by atoms with E-state index in [-0.39, 0.29) is 12.5 Å². The van der Waals surface area contributed by atoms with E-state index >= 15 is 0 Å². The lowest BCUT2D eigenvalue weighted by Gasteiger charge is -2.23. The summed E-state index contributed by atoms with van der Waals surface area (Å²) in [7, 11) is 0. The van der Waals surface area contributed by atoms with Crippen LogP contribution in [0, 0.1) is 12.8 Å². The maximum absolute atomic E-state index is 13.0. The van der Waals surface area contributed by atoms with Crippen molar-refractivity contribution in [2.24, 2.45) is 10.9 Å². The maximum Gasteiger partial charge on any atom is 0.416 e. The number of carbonyl (C=O) groups excluding carboxylic acids is 1. The molecular formula is C26H25F3N4O3S. The van der Waals surface area contributed by atoms with Gasteiger partial charge in [-0.2, -0.15) is 23.3 Å². The Kier molecular flexibility index (Phi) is 7.44. The Morgan fingerprint density at radius 2 is 2.00 bits per heavy atom. The molecule has 0 fully saturated rings. The molecule has 11 heteroatoms. The molecule has 1 N–H and O–H groups in total. The van der Waals surface area contributed by atoms with Crippen LogP contribution in [0.3, 0.4) is 0 Å². The van der Waals surface area contributed by atoms with Crippen LogP contribution in [0.4, 0.5) is 13.2 Å². The van der Waals surface area contributed by atoms with Gasteiger partial charge in [0.2, 0.25) is 0 Å². The molecule has 1 aliphatic rings. The number of thioether (sulfide) groups is 1. The number of hydrogen-bond acceptors (Lipinski definition) is 5. The lowest BCUT2D eigenvalue weighted by atomic mass is 10.0. The van der Waals surface area contributed by atoms with Crippen LogP contribution < -0.4 is 0 Å². The van der Waals surface area contributed by atoms with Crippen LogP contribution in [0.1, 0.15) is 36.1 Å². The summed E-state index contributed by atoms with van der Waals surface area (Å²) >= 11 is 1.21. The van der Waals surface area contributed by atoms with Gasteiger partial charge in [-0.15, -0.1) is 0 Å². The van der Waals surface area contributed by atoms with Crippen LogP contribution >= 0.6 is 11.8 Å². The number of aryl methyl sites for hydroxylation is 1. The number of amides is 1. The maximum atomic E-state index is 13.0. The van der Waals surface area contributed by atoms with Crippen molar-refractivity contribution in [1.29, 1.82) is 0 Å². The molecule has 2 aromatic carbocycles. The van der Waals surface area contributed by atoms with E-state index in [1.165, 1.54) is 17.8 Å². The van der Waals surface area contributed by atoms with E-state index < -0.39 is 23.6 Å². The molecule has 0 saturated heterocycles. The third kappa shape index (κ3) is 5.87. The van der Waals surface area contributed by atoms with Crippen LogP contribution in [0.25, 0.3) is 17.0 Å². The molecule has 1 amide bonds. The summed E-state index contributed by atoms with van der Waals surface area (Å²) in [6, 6.07) is 9.26. The lowest BCUT2D eigenvalue weighted by molar-refractivity contribution is -0.141. The molecule has 1 aromatic heterocycles. The van der Waals surface area contributed by atoms with Crippen molar-refractivity contribution in [1.82, 2.24) is 14.7 Å². The number of carbonyl (C=O) groups is 2. The fraction of sp³-hybridized carbons (Fsp3) is 0.308. The normalized spacial score (nSPS) is 15.9. The number of fused-ring (bicyclic) bond motifs is 1. The Labute approximate surface area is 215 Å². The van der Waals surface area contributed by atoms with Crippen molar-refractivity contribution in [2.75, 3.05) is 13.1 Å². The predicted molar refractivity (Wildman–Crippen MR) is 137 cm³/mol. The van der Waals surface area contributed by atoms with E-state index in [4.69, 9.17) is 0 Å². The standard InChI is InChI=1S/C26H25F3N4O3S/c1-4-32(13-16(3)24(35)36)25-31-23(34)22(37-25)11-17-5-8-21-19(10-17)12-30-33(21)14-18-6-7-20(9-15(18)2)26(27,28)29/h5-12,16H,4,13-14H2,1-3H3,(H,35,36)/b22-11-. The minimum absolute atomic E-state index is 0.252. The number of benzene rings is 2. The molecule has 37 heavy (non-hydrogen) atoms. The number of aliphatic carboxylic acids is 1. The Morgan fingerprint density at radius 3 is 2.65 bits per heavy atom. The van der Waals surface area contributed by atoms with Gasteiger partial charge in [0.1, 0.15) is 0 Å². The highest BCUT2D eigenvalue weighted by Crippen LogP contribution is 2.32. The third-order valence-corrected chi connectivity index (χ3v) is 7.18. The second-order valence-corrected chi connectivity index (χ2v) is 9.86. The van der Waals surface area contributed by atoms with Crippen molar-refractivity contribution < 1.29 is 27.9 Å². The van der Waals surface area contributed by atoms with Crippen LogP contribution in [0.5, 0.6) is 0 Å². The van der Waals surface area contributed by atoms with Crippen molar-refractivity contribution >= 4 is 45.8 Å². The summed E-state index contributed by atoms with van der Waals surface area (Å²) in [4.78, 5) is 30.0. The largest absolute Gasteiger partial charge is 0.481 e. The predicted octanol–water partition coefficient (Wildman–Crippen LogP) is 5.42. The molecule has 1 unspecified atom stereocenters. The average Bonchev–Trinajstić information content (AvgIpc) is 3.40. The molecule has 194 valence electrons. The second kappa shape index (κ2) is 10.4. The van der Waals surface area contributed by atoms with Crippen LogP contribution in [-0.4, -0.2) is 49.9 Å². The highest BCUT2D eigenvalue weighted by atomic mass is 32.2. The number of carboxylic acids is 1. The van der Waals surface area contributed by atoms with E-state index in [0.717, 1.165) is 34.2 Å². The van der Waals surface area contributed by atoms with E-state index in [1.807, 2.05) is 25.1 Å². The molecule has 0 radical (unpaired) electrons. The first kappa shape index (κ1) is 26.5. The van der Waals surface area contributed by atoms with E-state index in [9.17, 15) is 27.9 Å². The van der Waals surface area contributed by atoms with Crippen molar-refractivity contribution in [3.05, 3.63) is 69.8 Å². The number of amidine groups is 1. The van der Waals surface area contributed by atoms with Gasteiger partial charge in [0.15, 0.2) is 5.17 Å². The van der Waals surface area contributed by atoms with Gasteiger partial charge in [-0.1, -0.05) is 19.1 Å². The SMILES string of the molecule is CCN(CC(C)C(=O)O)C1=NC(=O)/C(=C/c2ccc3c(cnn3Cc3ccc(C(F)(F)F)cc3C)c2)S1. The van der Waals surface area contributed by atoms with Gasteiger partial charge >= 0.3 is 12.1 Å². The summed E-state index contributed by atoms with van der Waals surface area (Å²) < 4.78 is 40.6. The zero-order chi connectivity index (χ0) is 26.9. The van der Waals surface area contributed by atoms with Gasteiger partial charge in [-0.05, 0) is 72.6 Å². The summed E-state index contributed by atoms with van der Waals surface area (Å²) in [5.74, 6) is -1.89. The number of alkyl halides is 3. The zero-order valence-electron chi connectivity index (χ0n) is 20.4. The Hall–Kier alpha value is -3.60. The Balaban J connectivity index is 1.51. The van der Waals surface area contributed by atoms with E-state index in [1.54, 1.807) is 35.7 Å². The number of aliphatic imine (C=N–C) groups is 1. The Morgan fingerprint density at radius 1 is 1.24 bits per heavy atom. The highest BCUT2D eigenvalue weighted by molar-refractivity contribution is 8.18. The molecular weight excluding hydrogens is 505 g/mol. The molecule has 1 aliphatic heterocycles. The first-order valence-electron chi connectivity index (χ1n) is 11.6. The van der Waals surface area contributed by atoms with Gasteiger partial charge < -0.3 is 10.0 Å². The first-order valence-corrected chi connectivity index (χ1v) is 12.4. The smallest absolute Gasteiger partial charge is 0.416 e. The fourth-order valence-corrected chi connectivity index (χ4v) is 4.95. The third-order valence-electron chi connectivity index (χ3n) is 6.13. The number of halogens is 3. The second-order valence-electron chi connectivity index (χ2n) is 8.85. The molecule has 0 aliphatic carbocycles. The van der Waals surface area contributed by atoms with E-state index in [2.05, 4.69) is 10.1 Å². The summed E-state index contributed by atoms with van der Waals surface area (Å²) in [6.07, 6.45) is -0.980. The van der Waals surface area contributed by atoms with Crippen LogP contribution in [-0.2, 0) is 22.3 Å². The first-order chi connectivity index (χ1) is 17.5. The lowest BCUT2D eigenvalue weighted by Crippen LogP contribution is -2.34. The molecule has 7 nitrogen and oxygen atoms in total. The number of nitrogens with zero attached hydrogens (tertiary/aromatic N) is 4. The fourth-order valence-electron chi connectivity index (χ4n) is 3.97. The minimum atomic E-state index is -4.39. The van der Waals surface area contributed by atoms with Gasteiger partial charge in [-0.25, -0.2) is 0 Å². The highest BCUT2D eigenvalue weighted by Gasteiger charge is 2.31. The summed E-state index contributed by atoms with van der Waals surface area (Å²) in [6.45, 7) is 6.23. The molecule has 4 rings (SSSR count). The van der Waals surface area contributed by atoms with Gasteiger partial charge in [-0.3, -0.25) is 14.3 Å². The number of aromatic nitrogens is 2. The minimum Gasteiger partial charge on any atom is -0.481 e. The molecule has 3 aromatic rings. The Bertz CT molecular complexity index is 1430. The van der Waals surface area contributed by atoms with Crippen molar-refractivity contribution in [2.45, 2.75) is 33.5 Å². The zero-order valence-corrected chi connectivity index (χ0v) is 21.2. The summed E-state index contributed by atoms with van der Waals surface area (Å²) in [5, 5.41) is 14.9. The molecule has 2 heterocycles. The topological polar surface area (TPSA) is 87.8 Å². The summed E-state index contributed by atoms with van der Waals surface area (Å²) in [5.41, 5.74) is 2.17. The van der Waals surface area contributed by atoms with Gasteiger partial charge in [0.05, 0.1) is 34.6 Å². The number of rotatable bonds is 7. The molecule has 0 saturated carbocycles. The van der Waals surface area contributed by atoms with Gasteiger partial charge in [0.25, 0.3) is 5.91 Å². The number of hydrogen-bond donors (Lipinski definition) is 1. The number of carboxylic acid groups (broad SMARTS) is 1. The van der Waals surface area contributed by atoms with Crippen molar-refractivity contribution in [3.63, 3.8) is 0 Å². The quantitative estimate of drug-likeness (QED) is 0.410. The van der Waals surface area contributed by atoms with Crippen molar-refractivity contribution in [3.8, 4) is 0 Å². The monoisotopic (exact) mass is 530 g/mol.